The number of carbonyl (C=O) groups is 2. The molecule has 31 heavy (non-hydrogen) atoms. The van der Waals surface area contributed by atoms with Gasteiger partial charge in [-0.1, -0.05) is 53.6 Å². The molecule has 0 aliphatic carbocycles. The molecule has 1 aliphatic rings. The lowest BCUT2D eigenvalue weighted by Crippen LogP contribution is -2.32. The summed E-state index contributed by atoms with van der Waals surface area (Å²) in [5, 5.41) is 0.509. The molecule has 0 unspecified atom stereocenters. The Labute approximate surface area is 185 Å². The zero-order valence-electron chi connectivity index (χ0n) is 17.0. The quantitative estimate of drug-likeness (QED) is 0.418. The van der Waals surface area contributed by atoms with Gasteiger partial charge in [0, 0.05) is 5.56 Å². The number of amides is 1. The van der Waals surface area contributed by atoms with E-state index in [2.05, 4.69) is 4.99 Å². The SMILES string of the molecule is COC(=O)c1ccc(/C=C2/N=C(c3ccccc3Cl)N(c3ccc(C)cc3)C2=O)cc1. The van der Waals surface area contributed by atoms with Crippen molar-refractivity contribution in [2.75, 3.05) is 12.0 Å². The molecule has 3 aromatic carbocycles. The second kappa shape index (κ2) is 8.58. The summed E-state index contributed by atoms with van der Waals surface area (Å²) in [6, 6.07) is 21.7. The first-order valence-electron chi connectivity index (χ1n) is 9.63. The molecule has 0 saturated carbocycles. The maximum absolute atomic E-state index is 13.3. The smallest absolute Gasteiger partial charge is 0.337 e. The minimum Gasteiger partial charge on any atom is -0.465 e. The number of anilines is 1. The van der Waals surface area contributed by atoms with Crippen molar-refractivity contribution in [3.63, 3.8) is 0 Å². The van der Waals surface area contributed by atoms with Gasteiger partial charge in [0.15, 0.2) is 0 Å². The number of hydrogen-bond acceptors (Lipinski definition) is 4. The zero-order valence-corrected chi connectivity index (χ0v) is 17.8. The van der Waals surface area contributed by atoms with Crippen molar-refractivity contribution in [1.29, 1.82) is 0 Å². The Morgan fingerprint density at radius 3 is 2.32 bits per heavy atom. The first-order valence-corrected chi connectivity index (χ1v) is 10.0. The number of benzene rings is 3. The number of aryl methyl sites for hydroxylation is 1. The van der Waals surface area contributed by atoms with Crippen molar-refractivity contribution in [2.45, 2.75) is 6.92 Å². The minimum absolute atomic E-state index is 0.254. The monoisotopic (exact) mass is 430 g/mol. The highest BCUT2D eigenvalue weighted by Crippen LogP contribution is 2.30. The summed E-state index contributed by atoms with van der Waals surface area (Å²) in [6.07, 6.45) is 1.69. The third-order valence-corrected chi connectivity index (χ3v) is 5.23. The van der Waals surface area contributed by atoms with Gasteiger partial charge >= 0.3 is 5.97 Å². The van der Waals surface area contributed by atoms with Crippen LogP contribution in [0.15, 0.2) is 83.5 Å². The maximum atomic E-state index is 13.3. The molecule has 5 nitrogen and oxygen atoms in total. The van der Waals surface area contributed by atoms with Crippen LogP contribution in [0.3, 0.4) is 0 Å². The Morgan fingerprint density at radius 2 is 1.68 bits per heavy atom. The second-order valence-electron chi connectivity index (χ2n) is 7.03. The van der Waals surface area contributed by atoms with Gasteiger partial charge in [-0.2, -0.15) is 0 Å². The number of hydrogen-bond donors (Lipinski definition) is 0. The molecule has 1 heterocycles. The molecule has 154 valence electrons. The van der Waals surface area contributed by atoms with Crippen molar-refractivity contribution >= 4 is 41.1 Å². The van der Waals surface area contributed by atoms with E-state index in [0.717, 1.165) is 11.1 Å². The van der Waals surface area contributed by atoms with E-state index in [-0.39, 0.29) is 11.6 Å². The second-order valence-corrected chi connectivity index (χ2v) is 7.44. The van der Waals surface area contributed by atoms with E-state index >= 15 is 0 Å². The lowest BCUT2D eigenvalue weighted by atomic mass is 10.1. The molecule has 1 aliphatic heterocycles. The number of ether oxygens (including phenoxy) is 1. The van der Waals surface area contributed by atoms with Gasteiger partial charge < -0.3 is 4.74 Å². The third kappa shape index (κ3) is 4.13. The summed E-state index contributed by atoms with van der Waals surface area (Å²) in [5.74, 6) is -0.201. The van der Waals surface area contributed by atoms with E-state index < -0.39 is 5.97 Å². The summed E-state index contributed by atoms with van der Waals surface area (Å²) in [4.78, 5) is 31.2. The normalized spacial score (nSPS) is 14.7. The van der Waals surface area contributed by atoms with Crippen molar-refractivity contribution in [3.8, 4) is 0 Å². The van der Waals surface area contributed by atoms with Crippen LogP contribution < -0.4 is 4.90 Å². The van der Waals surface area contributed by atoms with Crippen LogP contribution in [0, 0.1) is 6.92 Å². The topological polar surface area (TPSA) is 59.0 Å². The highest BCUT2D eigenvalue weighted by atomic mass is 35.5. The van der Waals surface area contributed by atoms with Crippen LogP contribution in [0.4, 0.5) is 5.69 Å². The highest BCUT2D eigenvalue weighted by molar-refractivity contribution is 6.39. The molecule has 3 aromatic rings. The molecule has 0 N–H and O–H groups in total. The summed E-state index contributed by atoms with van der Waals surface area (Å²) >= 11 is 6.42. The van der Waals surface area contributed by atoms with E-state index in [1.807, 2.05) is 49.4 Å². The van der Waals surface area contributed by atoms with Gasteiger partial charge in [0.25, 0.3) is 5.91 Å². The number of halogens is 1. The molecule has 0 atom stereocenters. The van der Waals surface area contributed by atoms with Gasteiger partial charge in [0.1, 0.15) is 11.5 Å². The minimum atomic E-state index is -0.416. The largest absolute Gasteiger partial charge is 0.465 e. The molecule has 0 aromatic heterocycles. The number of amidine groups is 1. The maximum Gasteiger partial charge on any atom is 0.337 e. The molecule has 0 fully saturated rings. The number of esters is 1. The number of nitrogens with zero attached hydrogens (tertiary/aromatic N) is 2. The number of carbonyl (C=O) groups excluding carboxylic acids is 2. The van der Waals surface area contributed by atoms with Crippen LogP contribution in [0.1, 0.15) is 27.0 Å². The molecule has 4 rings (SSSR count). The molecular weight excluding hydrogens is 412 g/mol. The van der Waals surface area contributed by atoms with Gasteiger partial charge in [-0.3, -0.25) is 9.69 Å². The van der Waals surface area contributed by atoms with Gasteiger partial charge in [0.05, 0.1) is 23.4 Å². The van der Waals surface area contributed by atoms with Crippen LogP contribution in [-0.4, -0.2) is 24.8 Å². The Hall–Kier alpha value is -3.70. The van der Waals surface area contributed by atoms with Gasteiger partial charge in [-0.15, -0.1) is 0 Å². The van der Waals surface area contributed by atoms with Crippen LogP contribution >= 0.6 is 11.6 Å². The first-order chi connectivity index (χ1) is 15.0. The summed E-state index contributed by atoms with van der Waals surface area (Å²) < 4.78 is 4.72. The first kappa shape index (κ1) is 20.6. The van der Waals surface area contributed by atoms with Crippen molar-refractivity contribution in [1.82, 2.24) is 0 Å². The number of methoxy groups -OCH3 is 1. The van der Waals surface area contributed by atoms with Crippen LogP contribution in [-0.2, 0) is 9.53 Å². The Balaban J connectivity index is 1.78. The molecular formula is C25H19ClN2O3. The standard InChI is InChI=1S/C25H19ClN2O3/c1-16-7-13-19(14-8-16)28-23(20-5-3-4-6-21(20)26)27-22(24(28)29)15-17-9-11-18(12-10-17)25(30)31-2/h3-15H,1-2H3/b22-15+. The number of rotatable bonds is 4. The Morgan fingerprint density at radius 1 is 1.00 bits per heavy atom. The van der Waals surface area contributed by atoms with Gasteiger partial charge in [-0.05, 0) is 55.0 Å². The zero-order chi connectivity index (χ0) is 22.0. The lowest BCUT2D eigenvalue weighted by Gasteiger charge is -2.19. The summed E-state index contributed by atoms with van der Waals surface area (Å²) in [5.41, 5.74) is 3.92. The molecule has 0 bridgehead atoms. The van der Waals surface area contributed by atoms with Gasteiger partial charge in [0.2, 0.25) is 0 Å². The Kier molecular flexibility index (Phi) is 5.69. The van der Waals surface area contributed by atoms with E-state index in [1.165, 1.54) is 7.11 Å². The van der Waals surface area contributed by atoms with Crippen LogP contribution in [0.2, 0.25) is 5.02 Å². The summed E-state index contributed by atoms with van der Waals surface area (Å²) in [7, 11) is 1.33. The fraction of sp³-hybridized carbons (Fsp3) is 0.0800. The van der Waals surface area contributed by atoms with E-state index in [4.69, 9.17) is 16.3 Å². The third-order valence-electron chi connectivity index (χ3n) is 4.90. The molecule has 0 saturated heterocycles. The van der Waals surface area contributed by atoms with Crippen LogP contribution in [0.25, 0.3) is 6.08 Å². The van der Waals surface area contributed by atoms with Crippen molar-refractivity contribution < 1.29 is 14.3 Å². The predicted octanol–water partition coefficient (Wildman–Crippen LogP) is 5.27. The molecule has 1 amide bonds. The summed E-state index contributed by atoms with van der Waals surface area (Å²) in [6.45, 7) is 1.99. The van der Waals surface area contributed by atoms with Crippen LogP contribution in [0.5, 0.6) is 0 Å². The lowest BCUT2D eigenvalue weighted by molar-refractivity contribution is -0.113. The number of aliphatic imine (C=N–C) groups is 1. The van der Waals surface area contributed by atoms with Crippen molar-refractivity contribution in [2.24, 2.45) is 4.99 Å². The van der Waals surface area contributed by atoms with E-state index in [9.17, 15) is 9.59 Å². The Bertz CT molecular complexity index is 1210. The molecule has 0 spiro atoms. The van der Waals surface area contributed by atoms with Crippen molar-refractivity contribution in [3.05, 3.63) is 106 Å². The van der Waals surface area contributed by atoms with E-state index in [1.54, 1.807) is 41.3 Å². The van der Waals surface area contributed by atoms with E-state index in [0.29, 0.717) is 27.7 Å². The fourth-order valence-electron chi connectivity index (χ4n) is 3.26. The molecule has 0 radical (unpaired) electrons. The highest BCUT2D eigenvalue weighted by Gasteiger charge is 2.33. The molecule has 6 heteroatoms. The van der Waals surface area contributed by atoms with Gasteiger partial charge in [-0.25, -0.2) is 9.79 Å². The average molecular weight is 431 g/mol. The fourth-order valence-corrected chi connectivity index (χ4v) is 3.48. The predicted molar refractivity (Wildman–Crippen MR) is 122 cm³/mol. The average Bonchev–Trinajstić information content (AvgIpc) is 3.10.